The molecule has 1 aromatic heterocycles. The molecule has 1 heterocycles. The van der Waals surface area contributed by atoms with E-state index >= 15 is 0 Å². The summed E-state index contributed by atoms with van der Waals surface area (Å²) in [6.45, 7) is 4.94. The lowest BCUT2D eigenvalue weighted by atomic mass is 10.0. The van der Waals surface area contributed by atoms with Gasteiger partial charge in [-0.05, 0) is 47.7 Å². The first kappa shape index (κ1) is 20.6. The van der Waals surface area contributed by atoms with E-state index in [1.54, 1.807) is 0 Å². The fourth-order valence-corrected chi connectivity index (χ4v) is 3.59. The van der Waals surface area contributed by atoms with Crippen molar-refractivity contribution in [3.05, 3.63) is 102 Å². The Bertz CT molecular complexity index is 1170. The zero-order valence-corrected chi connectivity index (χ0v) is 17.9. The van der Waals surface area contributed by atoms with Gasteiger partial charge in [-0.1, -0.05) is 74.5 Å². The maximum absolute atomic E-state index is 13.0. The van der Waals surface area contributed by atoms with Crippen LogP contribution in [-0.2, 0) is 6.42 Å². The van der Waals surface area contributed by atoms with E-state index in [2.05, 4.69) is 48.7 Å². The third-order valence-corrected chi connectivity index (χ3v) is 5.35. The Morgan fingerprint density at radius 1 is 0.903 bits per heavy atom. The van der Waals surface area contributed by atoms with Crippen molar-refractivity contribution in [2.75, 3.05) is 11.9 Å². The van der Waals surface area contributed by atoms with Gasteiger partial charge in [0.1, 0.15) is 5.82 Å². The molecule has 31 heavy (non-hydrogen) atoms. The molecular weight excluding hydrogens is 382 g/mol. The first-order valence-electron chi connectivity index (χ1n) is 10.7. The third-order valence-electron chi connectivity index (χ3n) is 5.35. The molecule has 0 aliphatic rings. The Hall–Kier alpha value is -3.66. The number of rotatable bonds is 7. The molecule has 0 radical (unpaired) electrons. The Morgan fingerprint density at radius 3 is 2.35 bits per heavy atom. The lowest BCUT2D eigenvalue weighted by Crippen LogP contribution is -2.26. The summed E-state index contributed by atoms with van der Waals surface area (Å²) in [6, 6.07) is 28.1. The van der Waals surface area contributed by atoms with Crippen molar-refractivity contribution < 1.29 is 4.79 Å². The number of hydrogen-bond donors (Lipinski definition) is 2. The average Bonchev–Trinajstić information content (AvgIpc) is 2.79. The van der Waals surface area contributed by atoms with Gasteiger partial charge < -0.3 is 10.6 Å². The number of nitrogens with zero attached hydrogens (tertiary/aromatic N) is 1. The number of carbonyl (C=O) groups excluding carboxylic acids is 1. The summed E-state index contributed by atoms with van der Waals surface area (Å²) in [5.74, 6) is 1.05. The summed E-state index contributed by atoms with van der Waals surface area (Å²) in [6.07, 6.45) is 0.795. The van der Waals surface area contributed by atoms with E-state index < -0.39 is 0 Å². The lowest BCUT2D eigenvalue weighted by Gasteiger charge is -2.13. The number of benzene rings is 3. The smallest absolute Gasteiger partial charge is 0.252 e. The molecule has 3 aromatic carbocycles. The number of nitrogens with one attached hydrogen (secondary N) is 2. The molecule has 0 bridgehead atoms. The van der Waals surface area contributed by atoms with Crippen LogP contribution in [0.5, 0.6) is 0 Å². The van der Waals surface area contributed by atoms with E-state index in [0.29, 0.717) is 23.8 Å². The fraction of sp³-hybridized carbons (Fsp3) is 0.185. The Labute approximate surface area is 183 Å². The normalized spacial score (nSPS) is 10.9. The van der Waals surface area contributed by atoms with Gasteiger partial charge in [-0.15, -0.1) is 0 Å². The van der Waals surface area contributed by atoms with Crippen molar-refractivity contribution >= 4 is 28.3 Å². The van der Waals surface area contributed by atoms with Crippen LogP contribution in [0, 0.1) is 0 Å². The summed E-state index contributed by atoms with van der Waals surface area (Å²) in [7, 11) is 0. The van der Waals surface area contributed by atoms with Gasteiger partial charge in [0.15, 0.2) is 0 Å². The van der Waals surface area contributed by atoms with Crippen LogP contribution in [0.15, 0.2) is 84.9 Å². The predicted molar refractivity (Wildman–Crippen MR) is 128 cm³/mol. The summed E-state index contributed by atoms with van der Waals surface area (Å²) in [4.78, 5) is 17.7. The highest BCUT2D eigenvalue weighted by Gasteiger charge is 2.13. The molecule has 4 aromatic rings. The number of pyridine rings is 1. The van der Waals surface area contributed by atoms with Gasteiger partial charge in [-0.25, -0.2) is 4.98 Å². The fourth-order valence-electron chi connectivity index (χ4n) is 3.59. The van der Waals surface area contributed by atoms with E-state index in [0.717, 1.165) is 23.0 Å². The SMILES string of the molecule is CC(C)c1ccc(Nc2cc(C(=O)NCCc3ccccc3)c3ccccc3n2)cc1. The van der Waals surface area contributed by atoms with E-state index in [9.17, 15) is 4.79 Å². The molecule has 0 unspecified atom stereocenters. The summed E-state index contributed by atoms with van der Waals surface area (Å²) >= 11 is 0. The minimum Gasteiger partial charge on any atom is -0.352 e. The van der Waals surface area contributed by atoms with Gasteiger partial charge in [-0.2, -0.15) is 0 Å². The number of anilines is 2. The van der Waals surface area contributed by atoms with Gasteiger partial charge in [0, 0.05) is 17.6 Å². The largest absolute Gasteiger partial charge is 0.352 e. The maximum Gasteiger partial charge on any atom is 0.252 e. The Morgan fingerprint density at radius 2 is 1.61 bits per heavy atom. The van der Waals surface area contributed by atoms with E-state index in [4.69, 9.17) is 4.98 Å². The van der Waals surface area contributed by atoms with E-state index in [1.165, 1.54) is 11.1 Å². The number of para-hydroxylation sites is 1. The van der Waals surface area contributed by atoms with Gasteiger partial charge in [0.2, 0.25) is 0 Å². The highest BCUT2D eigenvalue weighted by Crippen LogP contribution is 2.24. The zero-order chi connectivity index (χ0) is 21.6. The summed E-state index contributed by atoms with van der Waals surface area (Å²) in [5, 5.41) is 7.25. The topological polar surface area (TPSA) is 54.0 Å². The molecule has 4 rings (SSSR count). The second kappa shape index (κ2) is 9.43. The molecule has 0 spiro atoms. The van der Waals surface area contributed by atoms with Crippen molar-refractivity contribution in [3.63, 3.8) is 0 Å². The standard InChI is InChI=1S/C27H27N3O/c1-19(2)21-12-14-22(15-13-21)29-26-18-24(23-10-6-7-11-25(23)30-26)27(31)28-17-16-20-8-4-3-5-9-20/h3-15,18-19H,16-17H2,1-2H3,(H,28,31)(H,29,30). The highest BCUT2D eigenvalue weighted by atomic mass is 16.1. The van der Waals surface area contributed by atoms with Crippen molar-refractivity contribution in [2.24, 2.45) is 0 Å². The zero-order valence-electron chi connectivity index (χ0n) is 17.9. The van der Waals surface area contributed by atoms with Crippen LogP contribution in [0.4, 0.5) is 11.5 Å². The van der Waals surface area contributed by atoms with Crippen molar-refractivity contribution in [1.29, 1.82) is 0 Å². The van der Waals surface area contributed by atoms with Crippen LogP contribution in [0.25, 0.3) is 10.9 Å². The molecule has 1 amide bonds. The third kappa shape index (κ3) is 5.10. The molecule has 0 saturated heterocycles. The number of hydrogen-bond acceptors (Lipinski definition) is 3. The molecule has 0 fully saturated rings. The number of aromatic nitrogens is 1. The average molecular weight is 410 g/mol. The number of amides is 1. The second-order valence-corrected chi connectivity index (χ2v) is 7.97. The van der Waals surface area contributed by atoms with Crippen LogP contribution in [0.2, 0.25) is 0 Å². The van der Waals surface area contributed by atoms with Crippen LogP contribution in [-0.4, -0.2) is 17.4 Å². The van der Waals surface area contributed by atoms with Gasteiger partial charge in [0.25, 0.3) is 5.91 Å². The van der Waals surface area contributed by atoms with Crippen molar-refractivity contribution in [2.45, 2.75) is 26.2 Å². The molecule has 4 nitrogen and oxygen atoms in total. The van der Waals surface area contributed by atoms with Crippen molar-refractivity contribution in [3.8, 4) is 0 Å². The lowest BCUT2D eigenvalue weighted by molar-refractivity contribution is 0.0956. The monoisotopic (exact) mass is 409 g/mol. The Kier molecular flexibility index (Phi) is 6.27. The van der Waals surface area contributed by atoms with Crippen LogP contribution >= 0.6 is 0 Å². The molecule has 0 aliphatic heterocycles. The molecule has 2 N–H and O–H groups in total. The second-order valence-electron chi connectivity index (χ2n) is 7.97. The van der Waals surface area contributed by atoms with Crippen LogP contribution < -0.4 is 10.6 Å². The van der Waals surface area contributed by atoms with Gasteiger partial charge >= 0.3 is 0 Å². The van der Waals surface area contributed by atoms with Crippen LogP contribution in [0.1, 0.15) is 41.3 Å². The van der Waals surface area contributed by atoms with Gasteiger partial charge in [-0.3, -0.25) is 4.79 Å². The minimum atomic E-state index is -0.0901. The quantitative estimate of drug-likeness (QED) is 0.389. The Balaban J connectivity index is 1.55. The molecule has 4 heteroatoms. The molecule has 0 aliphatic carbocycles. The first-order valence-corrected chi connectivity index (χ1v) is 10.7. The highest BCUT2D eigenvalue weighted by molar-refractivity contribution is 6.07. The van der Waals surface area contributed by atoms with E-state index in [1.807, 2.05) is 60.7 Å². The van der Waals surface area contributed by atoms with Crippen molar-refractivity contribution in [1.82, 2.24) is 10.3 Å². The number of fused-ring (bicyclic) bond motifs is 1. The minimum absolute atomic E-state index is 0.0901. The summed E-state index contributed by atoms with van der Waals surface area (Å²) in [5.41, 5.74) is 4.85. The molecule has 0 saturated carbocycles. The molecule has 0 atom stereocenters. The molecule has 156 valence electrons. The summed E-state index contributed by atoms with van der Waals surface area (Å²) < 4.78 is 0. The first-order chi connectivity index (χ1) is 15.1. The van der Waals surface area contributed by atoms with Gasteiger partial charge in [0.05, 0.1) is 11.1 Å². The van der Waals surface area contributed by atoms with Crippen LogP contribution in [0.3, 0.4) is 0 Å². The number of carbonyl (C=O) groups is 1. The maximum atomic E-state index is 13.0. The predicted octanol–water partition coefficient (Wildman–Crippen LogP) is 6.07. The van der Waals surface area contributed by atoms with E-state index in [-0.39, 0.29) is 5.91 Å². The molecular formula is C27H27N3O.